The van der Waals surface area contributed by atoms with Crippen LogP contribution < -0.4 is 15.0 Å². The Kier molecular flexibility index (Phi) is 6.78. The standard InChI is InChI=1S/C25H26N4O5S2/c1-2-29-21-14-18(8-11-22(21)34-15-23(29)30)20-16-35-25(26-20)27-24(31)17-6-9-19(10-7-17)36(32,33)28-12-4-3-5-13-28/h6-11,14,16H,2-5,12-13,15H2,1H3,(H,26,27,31). The number of nitrogens with zero attached hydrogens (tertiary/aromatic N) is 3. The molecule has 3 aromatic rings. The second-order valence-corrected chi connectivity index (χ2v) is 11.4. The van der Waals surface area contributed by atoms with Crippen molar-refractivity contribution in [3.05, 3.63) is 53.4 Å². The lowest BCUT2D eigenvalue weighted by atomic mass is 10.1. The third-order valence-electron chi connectivity index (χ3n) is 6.31. The van der Waals surface area contributed by atoms with E-state index in [2.05, 4.69) is 10.3 Å². The molecule has 0 radical (unpaired) electrons. The quantitative estimate of drug-likeness (QED) is 0.520. The van der Waals surface area contributed by atoms with Gasteiger partial charge in [0.15, 0.2) is 11.7 Å². The number of sulfonamides is 1. The molecule has 1 aromatic heterocycles. The number of hydrogen-bond donors (Lipinski definition) is 1. The van der Waals surface area contributed by atoms with E-state index < -0.39 is 10.0 Å². The minimum Gasteiger partial charge on any atom is -0.482 e. The number of fused-ring (bicyclic) bond motifs is 1. The molecule has 5 rings (SSSR count). The summed E-state index contributed by atoms with van der Waals surface area (Å²) in [6.45, 7) is 3.53. The van der Waals surface area contributed by atoms with Crippen LogP contribution in [0.2, 0.25) is 0 Å². The van der Waals surface area contributed by atoms with Gasteiger partial charge in [-0.2, -0.15) is 4.31 Å². The highest BCUT2D eigenvalue weighted by molar-refractivity contribution is 7.89. The smallest absolute Gasteiger partial charge is 0.265 e. The Morgan fingerprint density at radius 3 is 2.58 bits per heavy atom. The lowest BCUT2D eigenvalue weighted by molar-refractivity contribution is -0.121. The third kappa shape index (κ3) is 4.73. The van der Waals surface area contributed by atoms with Crippen LogP contribution in [0.15, 0.2) is 52.7 Å². The van der Waals surface area contributed by atoms with Crippen molar-refractivity contribution in [3.63, 3.8) is 0 Å². The molecule has 0 atom stereocenters. The zero-order valence-electron chi connectivity index (χ0n) is 19.8. The van der Waals surface area contributed by atoms with Gasteiger partial charge in [0, 0.05) is 36.1 Å². The Balaban J connectivity index is 1.29. The topological polar surface area (TPSA) is 109 Å². The Bertz CT molecular complexity index is 1400. The van der Waals surface area contributed by atoms with E-state index in [1.54, 1.807) is 4.90 Å². The molecule has 2 aromatic carbocycles. The van der Waals surface area contributed by atoms with Gasteiger partial charge < -0.3 is 9.64 Å². The van der Waals surface area contributed by atoms with Crippen LogP contribution in [0.1, 0.15) is 36.5 Å². The molecule has 0 saturated carbocycles. The molecule has 0 spiro atoms. The molecular formula is C25H26N4O5S2. The first-order chi connectivity index (χ1) is 17.4. The normalized spacial score (nSPS) is 16.4. The van der Waals surface area contributed by atoms with Crippen molar-refractivity contribution < 1.29 is 22.7 Å². The molecule has 11 heteroatoms. The first-order valence-electron chi connectivity index (χ1n) is 11.8. The van der Waals surface area contributed by atoms with E-state index in [0.717, 1.165) is 24.8 Å². The number of piperidine rings is 1. The molecule has 0 unspecified atom stereocenters. The minimum absolute atomic E-state index is 0.0260. The summed E-state index contributed by atoms with van der Waals surface area (Å²) in [6, 6.07) is 11.5. The first kappa shape index (κ1) is 24.4. The van der Waals surface area contributed by atoms with E-state index in [0.29, 0.717) is 47.5 Å². The Morgan fingerprint density at radius 1 is 1.11 bits per heavy atom. The molecule has 188 valence electrons. The van der Waals surface area contributed by atoms with Crippen molar-refractivity contribution in [3.8, 4) is 17.0 Å². The second-order valence-electron chi connectivity index (χ2n) is 8.59. The molecule has 9 nitrogen and oxygen atoms in total. The van der Waals surface area contributed by atoms with Crippen LogP contribution in [-0.2, 0) is 14.8 Å². The number of benzene rings is 2. The highest BCUT2D eigenvalue weighted by atomic mass is 32.2. The second kappa shape index (κ2) is 10.00. The van der Waals surface area contributed by atoms with Crippen LogP contribution in [0, 0.1) is 0 Å². The lowest BCUT2D eigenvalue weighted by Crippen LogP contribution is -2.38. The van der Waals surface area contributed by atoms with Crippen molar-refractivity contribution in [2.45, 2.75) is 31.1 Å². The molecule has 2 aliphatic rings. The zero-order chi connectivity index (χ0) is 25.3. The van der Waals surface area contributed by atoms with Crippen molar-refractivity contribution in [2.24, 2.45) is 0 Å². The SMILES string of the molecule is CCN1C(=O)COc2ccc(-c3csc(NC(=O)c4ccc(S(=O)(=O)N5CCCCC5)cc4)n3)cc21. The fourth-order valence-corrected chi connectivity index (χ4v) is 6.61. The molecule has 0 aliphatic carbocycles. The molecule has 1 saturated heterocycles. The van der Waals surface area contributed by atoms with Crippen molar-refractivity contribution >= 4 is 44.0 Å². The van der Waals surface area contributed by atoms with Crippen LogP contribution >= 0.6 is 11.3 Å². The largest absolute Gasteiger partial charge is 0.482 e. The zero-order valence-corrected chi connectivity index (χ0v) is 21.4. The number of carbonyl (C=O) groups is 2. The van der Waals surface area contributed by atoms with E-state index in [9.17, 15) is 18.0 Å². The third-order valence-corrected chi connectivity index (χ3v) is 8.98. The summed E-state index contributed by atoms with van der Waals surface area (Å²) in [6.07, 6.45) is 2.77. The molecular weight excluding hydrogens is 500 g/mol. The summed E-state index contributed by atoms with van der Waals surface area (Å²) in [5.74, 6) is 0.178. The molecule has 2 aliphatic heterocycles. The Morgan fingerprint density at radius 2 is 1.86 bits per heavy atom. The van der Waals surface area contributed by atoms with Gasteiger partial charge in [-0.05, 0) is 62.2 Å². The van der Waals surface area contributed by atoms with Crippen LogP contribution in [0.3, 0.4) is 0 Å². The number of rotatable bonds is 6. The van der Waals surface area contributed by atoms with E-state index in [1.165, 1.54) is 39.9 Å². The number of thiazole rings is 1. The fraction of sp³-hybridized carbons (Fsp3) is 0.320. The number of anilines is 2. The van der Waals surface area contributed by atoms with Crippen molar-refractivity contribution in [2.75, 3.05) is 36.5 Å². The fourth-order valence-electron chi connectivity index (χ4n) is 4.37. The van der Waals surface area contributed by atoms with Crippen molar-refractivity contribution in [1.29, 1.82) is 0 Å². The van der Waals surface area contributed by atoms with E-state index in [4.69, 9.17) is 4.74 Å². The maximum atomic E-state index is 12.8. The molecule has 2 amide bonds. The van der Waals surface area contributed by atoms with Gasteiger partial charge in [0.2, 0.25) is 10.0 Å². The van der Waals surface area contributed by atoms with Gasteiger partial charge >= 0.3 is 0 Å². The van der Waals surface area contributed by atoms with Crippen LogP contribution in [0.25, 0.3) is 11.3 Å². The van der Waals surface area contributed by atoms with Crippen LogP contribution in [0.4, 0.5) is 10.8 Å². The van der Waals surface area contributed by atoms with Gasteiger partial charge in [-0.15, -0.1) is 11.3 Å². The van der Waals surface area contributed by atoms with Crippen LogP contribution in [0.5, 0.6) is 5.75 Å². The van der Waals surface area contributed by atoms with Gasteiger partial charge in [0.1, 0.15) is 5.75 Å². The maximum absolute atomic E-state index is 12.8. The number of aromatic nitrogens is 1. The molecule has 3 heterocycles. The summed E-state index contributed by atoms with van der Waals surface area (Å²) in [4.78, 5) is 31.3. The van der Waals surface area contributed by atoms with Gasteiger partial charge in [0.25, 0.3) is 11.8 Å². The summed E-state index contributed by atoms with van der Waals surface area (Å²) >= 11 is 1.28. The monoisotopic (exact) mass is 526 g/mol. The van der Waals surface area contributed by atoms with Gasteiger partial charge in [-0.3, -0.25) is 14.9 Å². The highest BCUT2D eigenvalue weighted by Gasteiger charge is 2.27. The van der Waals surface area contributed by atoms with E-state index in [-0.39, 0.29) is 23.3 Å². The van der Waals surface area contributed by atoms with Gasteiger partial charge in [-0.25, -0.2) is 13.4 Å². The van der Waals surface area contributed by atoms with Gasteiger partial charge in [0.05, 0.1) is 16.3 Å². The molecule has 1 N–H and O–H groups in total. The molecule has 0 bridgehead atoms. The Labute approximate surface area is 213 Å². The molecule has 1 fully saturated rings. The minimum atomic E-state index is -3.55. The van der Waals surface area contributed by atoms with Gasteiger partial charge in [-0.1, -0.05) is 6.42 Å². The molecule has 36 heavy (non-hydrogen) atoms. The number of likely N-dealkylation sites (N-methyl/N-ethyl adjacent to an activating group) is 1. The van der Waals surface area contributed by atoms with Crippen LogP contribution in [-0.4, -0.2) is 55.8 Å². The van der Waals surface area contributed by atoms with E-state index in [1.807, 2.05) is 30.5 Å². The number of nitrogens with one attached hydrogen (secondary N) is 1. The summed E-state index contributed by atoms with van der Waals surface area (Å²) in [5, 5.41) is 5.02. The summed E-state index contributed by atoms with van der Waals surface area (Å²) in [5.41, 5.74) is 2.50. The number of amides is 2. The van der Waals surface area contributed by atoms with Crippen molar-refractivity contribution in [1.82, 2.24) is 9.29 Å². The predicted octanol–water partition coefficient (Wildman–Crippen LogP) is 3.98. The number of ether oxygens (including phenoxy) is 1. The average molecular weight is 527 g/mol. The first-order valence-corrected chi connectivity index (χ1v) is 14.1. The lowest BCUT2D eigenvalue weighted by Gasteiger charge is -2.28. The highest BCUT2D eigenvalue weighted by Crippen LogP contribution is 2.36. The number of hydrogen-bond acceptors (Lipinski definition) is 7. The number of carbonyl (C=O) groups excluding carboxylic acids is 2. The van der Waals surface area contributed by atoms with E-state index >= 15 is 0 Å². The maximum Gasteiger partial charge on any atom is 0.265 e. The predicted molar refractivity (Wildman–Crippen MR) is 138 cm³/mol. The summed E-state index contributed by atoms with van der Waals surface area (Å²) < 4.78 is 32.7. The average Bonchev–Trinajstić information content (AvgIpc) is 3.37. The summed E-state index contributed by atoms with van der Waals surface area (Å²) in [7, 11) is -3.55. The Hall–Kier alpha value is -3.28.